The summed E-state index contributed by atoms with van der Waals surface area (Å²) in [6, 6.07) is 15.2. The van der Waals surface area contributed by atoms with E-state index in [9.17, 15) is 9.59 Å². The number of benzene rings is 2. The summed E-state index contributed by atoms with van der Waals surface area (Å²) in [7, 11) is 1.63. The quantitative estimate of drug-likeness (QED) is 0.772. The van der Waals surface area contributed by atoms with Crippen molar-refractivity contribution in [1.29, 1.82) is 0 Å². The molecule has 2 aromatic carbocycles. The van der Waals surface area contributed by atoms with Crippen LogP contribution in [0.15, 0.2) is 48.5 Å². The molecule has 1 fully saturated rings. The van der Waals surface area contributed by atoms with Crippen molar-refractivity contribution in [1.82, 2.24) is 10.6 Å². The predicted molar refractivity (Wildman–Crippen MR) is 118 cm³/mol. The lowest BCUT2D eigenvalue weighted by Crippen LogP contribution is -2.46. The maximum Gasteiger partial charge on any atom is 0.315 e. The second kappa shape index (κ2) is 9.73. The summed E-state index contributed by atoms with van der Waals surface area (Å²) in [6.07, 6.45) is 3.17. The molecule has 0 atom stereocenters. The fraction of sp³-hybridized carbons (Fsp3) is 0.417. The van der Waals surface area contributed by atoms with Gasteiger partial charge in [-0.25, -0.2) is 4.79 Å². The Morgan fingerprint density at radius 2 is 1.81 bits per heavy atom. The van der Waals surface area contributed by atoms with Gasteiger partial charge in [0.1, 0.15) is 18.1 Å². The van der Waals surface area contributed by atoms with Gasteiger partial charge in [-0.3, -0.25) is 4.79 Å². The Balaban J connectivity index is 1.23. The van der Waals surface area contributed by atoms with Crippen molar-refractivity contribution in [2.24, 2.45) is 5.92 Å². The number of nitrogens with zero attached hydrogens (tertiary/aromatic N) is 1. The zero-order chi connectivity index (χ0) is 21.6. The third-order valence-electron chi connectivity index (χ3n) is 6.02. The molecule has 0 unspecified atom stereocenters. The highest BCUT2D eigenvalue weighted by Crippen LogP contribution is 2.34. The van der Waals surface area contributed by atoms with E-state index in [-0.39, 0.29) is 23.9 Å². The van der Waals surface area contributed by atoms with Crippen LogP contribution in [-0.2, 0) is 11.3 Å². The molecule has 2 aromatic rings. The number of carbonyl (C=O) groups is 2. The molecule has 0 spiro atoms. The van der Waals surface area contributed by atoms with Gasteiger partial charge in [0, 0.05) is 18.5 Å². The van der Waals surface area contributed by atoms with Crippen molar-refractivity contribution < 1.29 is 19.1 Å². The van der Waals surface area contributed by atoms with Gasteiger partial charge in [0.25, 0.3) is 0 Å². The summed E-state index contributed by atoms with van der Waals surface area (Å²) in [5.74, 6) is 1.72. The average molecular weight is 424 g/mol. The number of anilines is 1. The van der Waals surface area contributed by atoms with Crippen LogP contribution in [0.3, 0.4) is 0 Å². The van der Waals surface area contributed by atoms with Gasteiger partial charge >= 0.3 is 6.03 Å². The van der Waals surface area contributed by atoms with Gasteiger partial charge in [0.15, 0.2) is 0 Å². The van der Waals surface area contributed by atoms with E-state index in [0.29, 0.717) is 19.7 Å². The molecule has 4 rings (SSSR count). The average Bonchev–Trinajstić information content (AvgIpc) is 2.83. The maximum absolute atomic E-state index is 13.1. The van der Waals surface area contributed by atoms with Crippen molar-refractivity contribution in [2.45, 2.75) is 38.3 Å². The number of hydrogen-bond acceptors (Lipinski definition) is 4. The molecule has 7 heteroatoms. The zero-order valence-corrected chi connectivity index (χ0v) is 17.8. The molecule has 2 N–H and O–H groups in total. The fourth-order valence-corrected chi connectivity index (χ4v) is 4.27. The summed E-state index contributed by atoms with van der Waals surface area (Å²) in [6.45, 7) is 1.57. The number of nitrogens with one attached hydrogen (secondary N) is 2. The van der Waals surface area contributed by atoms with E-state index < -0.39 is 0 Å². The first-order chi connectivity index (χ1) is 15.1. The van der Waals surface area contributed by atoms with Crippen LogP contribution in [0.5, 0.6) is 11.5 Å². The minimum absolute atomic E-state index is 0.00781. The van der Waals surface area contributed by atoms with Crippen molar-refractivity contribution >= 4 is 17.6 Å². The van der Waals surface area contributed by atoms with Gasteiger partial charge in [0.2, 0.25) is 5.91 Å². The van der Waals surface area contributed by atoms with Crippen molar-refractivity contribution in [3.8, 4) is 11.5 Å². The first-order valence-electron chi connectivity index (χ1n) is 10.8. The molecule has 0 saturated heterocycles. The van der Waals surface area contributed by atoms with Crippen LogP contribution in [0.2, 0.25) is 0 Å². The molecule has 3 amide bonds. The standard InChI is InChI=1S/C24H29N3O4/c1-30-20-12-6-17(7-13-20)16-25-24(29)26-19-10-8-18(9-11-19)23(28)27-14-15-31-22-5-3-2-4-21(22)27/h2-7,12-13,18-19H,8-11,14-16H2,1H3,(H2,25,26,29). The van der Waals surface area contributed by atoms with Gasteiger partial charge < -0.3 is 25.0 Å². The lowest BCUT2D eigenvalue weighted by molar-refractivity contribution is -0.123. The van der Waals surface area contributed by atoms with Crippen LogP contribution < -0.4 is 25.0 Å². The molecule has 2 aliphatic rings. The van der Waals surface area contributed by atoms with Crippen LogP contribution in [-0.4, -0.2) is 38.2 Å². The Hall–Kier alpha value is -3.22. The largest absolute Gasteiger partial charge is 0.497 e. The molecule has 0 bridgehead atoms. The molecule has 0 radical (unpaired) electrons. The number of hydrogen-bond donors (Lipinski definition) is 2. The number of amides is 3. The minimum Gasteiger partial charge on any atom is -0.497 e. The zero-order valence-electron chi connectivity index (χ0n) is 17.8. The Morgan fingerprint density at radius 3 is 2.55 bits per heavy atom. The normalized spacial score (nSPS) is 20.2. The Labute approximate surface area is 182 Å². The van der Waals surface area contributed by atoms with Gasteiger partial charge in [-0.05, 0) is 55.5 Å². The SMILES string of the molecule is COc1ccc(CNC(=O)NC2CCC(C(=O)N3CCOc4ccccc43)CC2)cc1. The van der Waals surface area contributed by atoms with Gasteiger partial charge in [0.05, 0.1) is 19.3 Å². The third-order valence-corrected chi connectivity index (χ3v) is 6.02. The molecule has 7 nitrogen and oxygen atoms in total. The van der Waals surface area contributed by atoms with E-state index in [4.69, 9.17) is 9.47 Å². The van der Waals surface area contributed by atoms with Crippen LogP contribution in [0.25, 0.3) is 0 Å². The van der Waals surface area contributed by atoms with Crippen LogP contribution in [0, 0.1) is 5.92 Å². The van der Waals surface area contributed by atoms with Crippen LogP contribution >= 0.6 is 0 Å². The Kier molecular flexibility index (Phi) is 6.60. The lowest BCUT2D eigenvalue weighted by Gasteiger charge is -2.35. The summed E-state index contributed by atoms with van der Waals surface area (Å²) in [5.41, 5.74) is 1.87. The van der Waals surface area contributed by atoms with Crippen molar-refractivity contribution in [2.75, 3.05) is 25.2 Å². The highest BCUT2D eigenvalue weighted by Gasteiger charge is 2.32. The van der Waals surface area contributed by atoms with Gasteiger partial charge in [-0.2, -0.15) is 0 Å². The van der Waals surface area contributed by atoms with E-state index in [1.54, 1.807) is 7.11 Å². The lowest BCUT2D eigenvalue weighted by atomic mass is 9.85. The van der Waals surface area contributed by atoms with Crippen LogP contribution in [0.4, 0.5) is 10.5 Å². The third kappa shape index (κ3) is 5.10. The van der Waals surface area contributed by atoms with Crippen molar-refractivity contribution in [3.63, 3.8) is 0 Å². The molecule has 1 heterocycles. The highest BCUT2D eigenvalue weighted by molar-refractivity contribution is 5.96. The number of ether oxygens (including phenoxy) is 2. The minimum atomic E-state index is -0.173. The monoisotopic (exact) mass is 423 g/mol. The maximum atomic E-state index is 13.1. The fourth-order valence-electron chi connectivity index (χ4n) is 4.27. The topological polar surface area (TPSA) is 79.9 Å². The van der Waals surface area contributed by atoms with Gasteiger partial charge in [-0.1, -0.05) is 24.3 Å². The summed E-state index contributed by atoms with van der Waals surface area (Å²) in [5, 5.41) is 5.95. The summed E-state index contributed by atoms with van der Waals surface area (Å²) >= 11 is 0. The van der Waals surface area contributed by atoms with Crippen molar-refractivity contribution in [3.05, 3.63) is 54.1 Å². The summed E-state index contributed by atoms with van der Waals surface area (Å²) < 4.78 is 10.8. The van der Waals surface area contributed by atoms with Gasteiger partial charge in [-0.15, -0.1) is 0 Å². The number of para-hydroxylation sites is 2. The Bertz CT molecular complexity index is 907. The first-order valence-corrected chi connectivity index (χ1v) is 10.8. The number of methoxy groups -OCH3 is 1. The predicted octanol–water partition coefficient (Wildman–Crippen LogP) is 3.48. The molecule has 31 heavy (non-hydrogen) atoms. The van der Waals surface area contributed by atoms with E-state index in [2.05, 4.69) is 10.6 Å². The molecule has 164 valence electrons. The van der Waals surface area contributed by atoms with E-state index >= 15 is 0 Å². The summed E-state index contributed by atoms with van der Waals surface area (Å²) in [4.78, 5) is 27.2. The van der Waals surface area contributed by atoms with E-state index in [1.165, 1.54) is 0 Å². The second-order valence-electron chi connectivity index (χ2n) is 8.03. The first kappa shape index (κ1) is 21.0. The molecule has 0 aromatic heterocycles. The number of urea groups is 1. The number of rotatable bonds is 5. The number of fused-ring (bicyclic) bond motifs is 1. The molecule has 1 saturated carbocycles. The molecule has 1 aliphatic heterocycles. The Morgan fingerprint density at radius 1 is 1.06 bits per heavy atom. The van der Waals surface area contributed by atoms with E-state index in [0.717, 1.165) is 48.4 Å². The van der Waals surface area contributed by atoms with E-state index in [1.807, 2.05) is 53.4 Å². The second-order valence-corrected chi connectivity index (χ2v) is 8.03. The molecular formula is C24H29N3O4. The highest BCUT2D eigenvalue weighted by atomic mass is 16.5. The number of carbonyl (C=O) groups excluding carboxylic acids is 2. The molecular weight excluding hydrogens is 394 g/mol. The smallest absolute Gasteiger partial charge is 0.315 e. The molecule has 1 aliphatic carbocycles. The van der Waals surface area contributed by atoms with Crippen LogP contribution in [0.1, 0.15) is 31.2 Å².